The molecule has 0 fully saturated rings. The summed E-state index contributed by atoms with van der Waals surface area (Å²) in [6.07, 6.45) is 3.42. The maximum absolute atomic E-state index is 11.6. The fraction of sp³-hybridized carbons (Fsp3) is 0.0769. The number of carbonyl (C=O) groups is 1. The molecular weight excluding hydrogens is 200 g/mol. The largest absolute Gasteiger partial charge is 0.323 e. The van der Waals surface area contributed by atoms with Gasteiger partial charge in [-0.3, -0.25) is 0 Å². The Morgan fingerprint density at radius 1 is 1.38 bits per heavy atom. The number of hydrogen-bond acceptors (Lipinski definition) is 1. The van der Waals surface area contributed by atoms with Crippen LogP contribution in [0.25, 0.3) is 5.70 Å². The summed E-state index contributed by atoms with van der Waals surface area (Å²) in [5.41, 5.74) is 1.74. The molecule has 0 bridgehead atoms. The summed E-state index contributed by atoms with van der Waals surface area (Å²) in [6, 6.07) is 9.50. The topological polar surface area (TPSA) is 32.3 Å². The van der Waals surface area contributed by atoms with Gasteiger partial charge in [0.2, 0.25) is 0 Å². The monoisotopic (exact) mass is 212 g/mol. The summed E-state index contributed by atoms with van der Waals surface area (Å²) in [7, 11) is 0. The quantitative estimate of drug-likeness (QED) is 0.766. The molecule has 0 spiro atoms. The Morgan fingerprint density at radius 3 is 2.75 bits per heavy atom. The Kier molecular flexibility index (Phi) is 3.05. The summed E-state index contributed by atoms with van der Waals surface area (Å²) < 4.78 is 0. The van der Waals surface area contributed by atoms with E-state index in [1.807, 2.05) is 30.3 Å². The molecule has 0 atom stereocenters. The van der Waals surface area contributed by atoms with E-state index in [0.717, 1.165) is 11.3 Å². The smallest absolute Gasteiger partial charge is 0.307 e. The van der Waals surface area contributed by atoms with Gasteiger partial charge in [-0.05, 0) is 11.6 Å². The predicted molar refractivity (Wildman–Crippen MR) is 63.1 cm³/mol. The van der Waals surface area contributed by atoms with Crippen LogP contribution in [0.2, 0.25) is 0 Å². The van der Waals surface area contributed by atoms with Gasteiger partial charge in [0.05, 0.1) is 0 Å². The highest BCUT2D eigenvalue weighted by molar-refractivity contribution is 5.89. The normalized spacial score (nSPS) is 15.4. The van der Waals surface area contributed by atoms with Crippen LogP contribution in [0.1, 0.15) is 5.56 Å². The molecule has 2 radical (unpaired) electrons. The van der Waals surface area contributed by atoms with Crippen molar-refractivity contribution in [3.8, 4) is 0 Å². The van der Waals surface area contributed by atoms with Gasteiger partial charge in [-0.2, -0.15) is 0 Å². The van der Waals surface area contributed by atoms with E-state index in [1.165, 1.54) is 4.90 Å². The van der Waals surface area contributed by atoms with Gasteiger partial charge in [0.15, 0.2) is 0 Å². The van der Waals surface area contributed by atoms with Gasteiger partial charge in [0.25, 0.3) is 0 Å². The number of carbonyl (C=O) groups excluding carboxylic acids is 1. The Bertz CT molecular complexity index is 423. The molecule has 1 aromatic rings. The molecular formula is C13H12N2O. The first-order valence-electron chi connectivity index (χ1n) is 5.02. The molecule has 16 heavy (non-hydrogen) atoms. The Balaban J connectivity index is 2.16. The van der Waals surface area contributed by atoms with E-state index in [0.29, 0.717) is 6.54 Å². The minimum atomic E-state index is -0.179. The molecule has 3 heteroatoms. The molecule has 1 aliphatic heterocycles. The highest BCUT2D eigenvalue weighted by Crippen LogP contribution is 2.16. The summed E-state index contributed by atoms with van der Waals surface area (Å²) in [5, 5.41) is 2.81. The molecule has 0 unspecified atom stereocenters. The van der Waals surface area contributed by atoms with Crippen LogP contribution in [0.15, 0.2) is 49.1 Å². The molecule has 1 N–H and O–H groups in total. The fourth-order valence-corrected chi connectivity index (χ4v) is 1.46. The maximum Gasteiger partial charge on any atom is 0.323 e. The summed E-state index contributed by atoms with van der Waals surface area (Å²) in [6.45, 7) is 6.95. The molecule has 80 valence electrons. The number of amides is 2. The molecule has 0 saturated heterocycles. The molecule has 1 aromatic carbocycles. The van der Waals surface area contributed by atoms with Crippen LogP contribution >= 0.6 is 0 Å². The lowest BCUT2D eigenvalue weighted by atomic mass is 10.1. The van der Waals surface area contributed by atoms with E-state index < -0.39 is 0 Å². The Labute approximate surface area is 95.1 Å². The van der Waals surface area contributed by atoms with Crippen molar-refractivity contribution in [2.45, 2.75) is 0 Å². The first-order chi connectivity index (χ1) is 7.81. The summed E-state index contributed by atoms with van der Waals surface area (Å²) >= 11 is 0. The predicted octanol–water partition coefficient (Wildman–Crippen LogP) is 2.28. The number of urea groups is 1. The second-order valence-electron chi connectivity index (χ2n) is 3.38. The van der Waals surface area contributed by atoms with Gasteiger partial charge in [0, 0.05) is 12.2 Å². The van der Waals surface area contributed by atoms with Gasteiger partial charge < -0.3 is 10.2 Å². The van der Waals surface area contributed by atoms with E-state index in [4.69, 9.17) is 0 Å². The van der Waals surface area contributed by atoms with Gasteiger partial charge in [-0.25, -0.2) is 4.79 Å². The van der Waals surface area contributed by atoms with E-state index in [9.17, 15) is 4.79 Å². The molecule has 1 heterocycles. The van der Waals surface area contributed by atoms with Crippen LogP contribution in [-0.2, 0) is 0 Å². The van der Waals surface area contributed by atoms with Crippen LogP contribution in [-0.4, -0.2) is 17.5 Å². The van der Waals surface area contributed by atoms with Crippen molar-refractivity contribution in [1.29, 1.82) is 0 Å². The highest BCUT2D eigenvalue weighted by atomic mass is 16.2. The molecule has 3 nitrogen and oxygen atoms in total. The summed E-state index contributed by atoms with van der Waals surface area (Å²) in [4.78, 5) is 13.1. The van der Waals surface area contributed by atoms with Gasteiger partial charge in [-0.1, -0.05) is 36.4 Å². The van der Waals surface area contributed by atoms with E-state index in [2.05, 4.69) is 18.4 Å². The third-order valence-corrected chi connectivity index (χ3v) is 2.25. The lowest BCUT2D eigenvalue weighted by Crippen LogP contribution is -2.40. The average Bonchev–Trinajstić information content (AvgIpc) is 2.33. The minimum Gasteiger partial charge on any atom is -0.307 e. The van der Waals surface area contributed by atoms with Gasteiger partial charge in [-0.15, -0.1) is 6.58 Å². The van der Waals surface area contributed by atoms with Crippen LogP contribution in [0.4, 0.5) is 4.79 Å². The molecule has 2 amide bonds. The number of rotatable bonds is 3. The number of nitrogens with zero attached hydrogens (tertiary/aromatic N) is 1. The Hall–Kier alpha value is -2.03. The SMILES string of the molecule is C=CCN1[C]C=C(c2ccccc2)NC1=O. The third-order valence-electron chi connectivity index (χ3n) is 2.25. The van der Waals surface area contributed by atoms with Crippen molar-refractivity contribution in [2.24, 2.45) is 0 Å². The lowest BCUT2D eigenvalue weighted by Gasteiger charge is -2.24. The second-order valence-corrected chi connectivity index (χ2v) is 3.38. The van der Waals surface area contributed by atoms with Crippen LogP contribution in [0.5, 0.6) is 0 Å². The molecule has 1 aliphatic rings. The standard InChI is InChI=1S/C13H12N2O/c1-2-9-15-10-8-12(14-13(15)16)11-6-4-3-5-7-11/h2-8H,1,9H2,(H,14,16). The van der Waals surface area contributed by atoms with E-state index in [1.54, 1.807) is 12.2 Å². The molecule has 0 aliphatic carbocycles. The van der Waals surface area contributed by atoms with Gasteiger partial charge >= 0.3 is 6.03 Å². The number of hydrogen-bond donors (Lipinski definition) is 1. The first kappa shape index (κ1) is 10.5. The van der Waals surface area contributed by atoms with Gasteiger partial charge in [0.1, 0.15) is 6.54 Å². The van der Waals surface area contributed by atoms with E-state index >= 15 is 0 Å². The van der Waals surface area contributed by atoms with E-state index in [-0.39, 0.29) is 6.03 Å². The number of nitrogens with one attached hydrogen (secondary N) is 1. The van der Waals surface area contributed by atoms with Crippen molar-refractivity contribution < 1.29 is 4.79 Å². The maximum atomic E-state index is 11.6. The highest BCUT2D eigenvalue weighted by Gasteiger charge is 2.18. The molecule has 2 rings (SSSR count). The third kappa shape index (κ3) is 2.14. The average molecular weight is 212 g/mol. The fourth-order valence-electron chi connectivity index (χ4n) is 1.46. The minimum absolute atomic E-state index is 0.179. The zero-order valence-corrected chi connectivity index (χ0v) is 8.81. The van der Waals surface area contributed by atoms with Crippen molar-refractivity contribution in [3.05, 3.63) is 61.2 Å². The number of benzene rings is 1. The van der Waals surface area contributed by atoms with Crippen LogP contribution in [0, 0.1) is 6.54 Å². The zero-order chi connectivity index (χ0) is 11.4. The molecule has 0 aromatic heterocycles. The summed E-state index contributed by atoms with van der Waals surface area (Å²) in [5.74, 6) is 0. The zero-order valence-electron chi connectivity index (χ0n) is 8.81. The van der Waals surface area contributed by atoms with Crippen molar-refractivity contribution in [1.82, 2.24) is 10.2 Å². The lowest BCUT2D eigenvalue weighted by molar-refractivity contribution is 0.218. The van der Waals surface area contributed by atoms with Crippen LogP contribution < -0.4 is 5.32 Å². The van der Waals surface area contributed by atoms with Crippen molar-refractivity contribution in [2.75, 3.05) is 6.54 Å². The molecule has 0 saturated carbocycles. The second kappa shape index (κ2) is 4.66. The Morgan fingerprint density at radius 2 is 2.12 bits per heavy atom. The van der Waals surface area contributed by atoms with Crippen LogP contribution in [0.3, 0.4) is 0 Å². The van der Waals surface area contributed by atoms with Crippen molar-refractivity contribution >= 4 is 11.7 Å². The first-order valence-corrected chi connectivity index (χ1v) is 5.02. The van der Waals surface area contributed by atoms with Crippen molar-refractivity contribution in [3.63, 3.8) is 0 Å².